The van der Waals surface area contributed by atoms with Crippen molar-refractivity contribution in [3.8, 4) is 0 Å². The van der Waals surface area contributed by atoms with E-state index in [1.165, 1.54) is 4.31 Å². The molecule has 1 aromatic heterocycles. The van der Waals surface area contributed by atoms with E-state index < -0.39 is 10.0 Å². The molecule has 23 heavy (non-hydrogen) atoms. The van der Waals surface area contributed by atoms with Crippen molar-refractivity contribution in [1.29, 1.82) is 0 Å². The number of aryl methyl sites for hydroxylation is 1. The minimum Gasteiger partial charge on any atom is -0.264 e. The van der Waals surface area contributed by atoms with Crippen molar-refractivity contribution in [2.24, 2.45) is 0 Å². The van der Waals surface area contributed by atoms with Gasteiger partial charge in [-0.3, -0.25) is 4.68 Å². The van der Waals surface area contributed by atoms with Crippen LogP contribution in [0.25, 0.3) is 0 Å². The van der Waals surface area contributed by atoms with Crippen molar-refractivity contribution in [3.05, 3.63) is 45.7 Å². The van der Waals surface area contributed by atoms with Crippen LogP contribution in [0.1, 0.15) is 30.8 Å². The molecule has 126 valence electrons. The first-order valence-electron chi connectivity index (χ1n) is 7.59. The van der Waals surface area contributed by atoms with E-state index in [1.54, 1.807) is 11.6 Å². The van der Waals surface area contributed by atoms with Crippen LogP contribution < -0.4 is 0 Å². The highest BCUT2D eigenvalue weighted by Gasteiger charge is 2.29. The molecule has 0 aliphatic heterocycles. The van der Waals surface area contributed by atoms with Crippen molar-refractivity contribution in [2.75, 3.05) is 13.1 Å². The quantitative estimate of drug-likeness (QED) is 0.748. The lowest BCUT2D eigenvalue weighted by Gasteiger charge is -2.18. The summed E-state index contributed by atoms with van der Waals surface area (Å²) in [7, 11) is -3.50. The first-order valence-corrected chi connectivity index (χ1v) is 9.83. The SMILES string of the molecule is CCN(CC)S(=O)(=O)c1c(C)nn(Cc2ccc(Br)cc2)c1C. The van der Waals surface area contributed by atoms with Crippen LogP contribution in [0.3, 0.4) is 0 Å². The molecule has 0 aliphatic rings. The summed E-state index contributed by atoms with van der Waals surface area (Å²) in [5, 5.41) is 4.44. The van der Waals surface area contributed by atoms with E-state index in [0.717, 1.165) is 10.0 Å². The lowest BCUT2D eigenvalue weighted by molar-refractivity contribution is 0.444. The Bertz CT molecular complexity index is 778. The van der Waals surface area contributed by atoms with Crippen LogP contribution >= 0.6 is 15.9 Å². The summed E-state index contributed by atoms with van der Waals surface area (Å²) in [5.74, 6) is 0. The van der Waals surface area contributed by atoms with Crippen LogP contribution in [0.5, 0.6) is 0 Å². The molecule has 1 aromatic carbocycles. The molecule has 0 fully saturated rings. The molecule has 2 rings (SSSR count). The molecule has 0 saturated carbocycles. The number of halogens is 1. The number of rotatable bonds is 6. The number of aromatic nitrogens is 2. The van der Waals surface area contributed by atoms with Crippen molar-refractivity contribution < 1.29 is 8.42 Å². The molecule has 7 heteroatoms. The van der Waals surface area contributed by atoms with Crippen LogP contribution in [-0.2, 0) is 16.6 Å². The van der Waals surface area contributed by atoms with Gasteiger partial charge in [-0.05, 0) is 31.5 Å². The van der Waals surface area contributed by atoms with Crippen LogP contribution in [0.15, 0.2) is 33.6 Å². The van der Waals surface area contributed by atoms with Gasteiger partial charge in [0.1, 0.15) is 4.90 Å². The molecule has 0 aliphatic carbocycles. The highest BCUT2D eigenvalue weighted by molar-refractivity contribution is 9.10. The van der Waals surface area contributed by atoms with Gasteiger partial charge in [-0.1, -0.05) is 41.9 Å². The lowest BCUT2D eigenvalue weighted by atomic mass is 10.2. The van der Waals surface area contributed by atoms with E-state index in [4.69, 9.17) is 0 Å². The van der Waals surface area contributed by atoms with E-state index in [0.29, 0.717) is 35.9 Å². The standard InChI is InChI=1S/C16H22BrN3O2S/c1-5-19(6-2)23(21,22)16-12(3)18-20(13(16)4)11-14-7-9-15(17)10-8-14/h7-10H,5-6,11H2,1-4H3. The van der Waals surface area contributed by atoms with E-state index in [9.17, 15) is 8.42 Å². The maximum absolute atomic E-state index is 12.8. The molecule has 5 nitrogen and oxygen atoms in total. The Hall–Kier alpha value is -1.18. The smallest absolute Gasteiger partial charge is 0.246 e. The monoisotopic (exact) mass is 399 g/mol. The fourth-order valence-corrected chi connectivity index (χ4v) is 4.76. The highest BCUT2D eigenvalue weighted by atomic mass is 79.9. The molecule has 0 bridgehead atoms. The molecule has 0 spiro atoms. The van der Waals surface area contributed by atoms with Gasteiger partial charge >= 0.3 is 0 Å². The molecular weight excluding hydrogens is 378 g/mol. The summed E-state index contributed by atoms with van der Waals surface area (Å²) in [6.45, 7) is 8.71. The largest absolute Gasteiger partial charge is 0.264 e. The van der Waals surface area contributed by atoms with Crippen molar-refractivity contribution in [3.63, 3.8) is 0 Å². The van der Waals surface area contributed by atoms with E-state index >= 15 is 0 Å². The summed E-state index contributed by atoms with van der Waals surface area (Å²) in [5.41, 5.74) is 2.30. The third kappa shape index (κ3) is 3.67. The van der Waals surface area contributed by atoms with Crippen molar-refractivity contribution >= 4 is 26.0 Å². The zero-order valence-electron chi connectivity index (χ0n) is 13.9. The molecule has 0 saturated heterocycles. The fourth-order valence-electron chi connectivity index (χ4n) is 2.66. The fraction of sp³-hybridized carbons (Fsp3) is 0.438. The van der Waals surface area contributed by atoms with Gasteiger partial charge in [-0.2, -0.15) is 9.40 Å². The Kier molecular flexibility index (Phi) is 5.65. The van der Waals surface area contributed by atoms with E-state index in [-0.39, 0.29) is 0 Å². The maximum atomic E-state index is 12.8. The summed E-state index contributed by atoms with van der Waals surface area (Å²) >= 11 is 3.41. The Morgan fingerprint density at radius 2 is 1.70 bits per heavy atom. The number of hydrogen-bond donors (Lipinski definition) is 0. The van der Waals surface area contributed by atoms with E-state index in [1.807, 2.05) is 45.0 Å². The van der Waals surface area contributed by atoms with Crippen LogP contribution in [0.4, 0.5) is 0 Å². The first kappa shape index (κ1) is 18.2. The predicted molar refractivity (Wildman–Crippen MR) is 95.1 cm³/mol. The van der Waals surface area contributed by atoms with Gasteiger partial charge in [0.05, 0.1) is 17.9 Å². The second kappa shape index (κ2) is 7.15. The summed E-state index contributed by atoms with van der Waals surface area (Å²) < 4.78 is 29.9. The molecule has 2 aromatic rings. The van der Waals surface area contributed by atoms with Gasteiger partial charge in [0, 0.05) is 17.6 Å². The number of hydrogen-bond acceptors (Lipinski definition) is 3. The second-order valence-electron chi connectivity index (χ2n) is 5.37. The number of sulfonamides is 1. The van der Waals surface area contributed by atoms with Crippen molar-refractivity contribution in [2.45, 2.75) is 39.1 Å². The van der Waals surface area contributed by atoms with E-state index in [2.05, 4.69) is 21.0 Å². The molecule has 1 heterocycles. The molecule has 0 N–H and O–H groups in total. The van der Waals surface area contributed by atoms with Gasteiger partial charge in [-0.25, -0.2) is 8.42 Å². The molecule has 0 unspecified atom stereocenters. The Morgan fingerprint density at radius 1 is 1.13 bits per heavy atom. The third-order valence-electron chi connectivity index (χ3n) is 3.86. The zero-order chi connectivity index (χ0) is 17.2. The summed E-state index contributed by atoms with van der Waals surface area (Å²) in [6, 6.07) is 7.93. The average molecular weight is 400 g/mol. The Balaban J connectivity index is 2.42. The van der Waals surface area contributed by atoms with Gasteiger partial charge in [0.25, 0.3) is 0 Å². The summed E-state index contributed by atoms with van der Waals surface area (Å²) in [4.78, 5) is 0.332. The molecule has 0 atom stereocenters. The second-order valence-corrected chi connectivity index (χ2v) is 8.16. The molecular formula is C16H22BrN3O2S. The van der Waals surface area contributed by atoms with Crippen LogP contribution in [0, 0.1) is 13.8 Å². The Morgan fingerprint density at radius 3 is 2.22 bits per heavy atom. The van der Waals surface area contributed by atoms with Gasteiger partial charge in [-0.15, -0.1) is 0 Å². The van der Waals surface area contributed by atoms with Crippen LogP contribution in [0.2, 0.25) is 0 Å². The lowest BCUT2D eigenvalue weighted by Crippen LogP contribution is -2.31. The normalized spacial score (nSPS) is 12.1. The number of nitrogens with zero attached hydrogens (tertiary/aromatic N) is 3. The molecule has 0 radical (unpaired) electrons. The maximum Gasteiger partial charge on any atom is 0.246 e. The molecule has 0 amide bonds. The van der Waals surface area contributed by atoms with Gasteiger partial charge < -0.3 is 0 Å². The minimum atomic E-state index is -3.50. The first-order chi connectivity index (χ1) is 10.8. The minimum absolute atomic E-state index is 0.332. The van der Waals surface area contributed by atoms with Crippen LogP contribution in [-0.4, -0.2) is 35.6 Å². The van der Waals surface area contributed by atoms with Gasteiger partial charge in [0.15, 0.2) is 0 Å². The predicted octanol–water partition coefficient (Wildman–Crippen LogP) is 3.34. The number of benzene rings is 1. The van der Waals surface area contributed by atoms with Gasteiger partial charge in [0.2, 0.25) is 10.0 Å². The van der Waals surface area contributed by atoms with Crippen molar-refractivity contribution in [1.82, 2.24) is 14.1 Å². The Labute approximate surface area is 146 Å². The third-order valence-corrected chi connectivity index (χ3v) is 6.70. The highest BCUT2D eigenvalue weighted by Crippen LogP contribution is 2.24. The zero-order valence-corrected chi connectivity index (χ0v) is 16.3. The average Bonchev–Trinajstić information content (AvgIpc) is 2.77. The summed E-state index contributed by atoms with van der Waals surface area (Å²) in [6.07, 6.45) is 0. The topological polar surface area (TPSA) is 55.2 Å².